The molecule has 2 aromatic heterocycles. The number of carbonyl (C=O) groups excluding carboxylic acids is 1. The largest absolute Gasteiger partial charge is 0.442 e. The van der Waals surface area contributed by atoms with Crippen molar-refractivity contribution in [3.63, 3.8) is 0 Å². The van der Waals surface area contributed by atoms with Crippen molar-refractivity contribution in [2.24, 2.45) is 0 Å². The number of benzene rings is 1. The van der Waals surface area contributed by atoms with Crippen LogP contribution in [-0.4, -0.2) is 21.6 Å². The van der Waals surface area contributed by atoms with Crippen LogP contribution in [0.1, 0.15) is 52.7 Å². The normalized spacial score (nSPS) is 10.5. The van der Waals surface area contributed by atoms with E-state index in [4.69, 9.17) is 20.8 Å². The Morgan fingerprint density at radius 3 is 2.75 bits per heavy atom. The second-order valence-electron chi connectivity index (χ2n) is 6.43. The highest BCUT2D eigenvalue weighted by Gasteiger charge is 2.18. The van der Waals surface area contributed by atoms with Gasteiger partial charge in [0.05, 0.1) is 11.8 Å². The molecular formula is C20H18N6O2. The first-order valence-electron chi connectivity index (χ1n) is 8.49. The Hall–Kier alpha value is -3.99. The maximum absolute atomic E-state index is 12.8. The average molecular weight is 374 g/mol. The minimum atomic E-state index is -0.407. The fourth-order valence-electron chi connectivity index (χ4n) is 2.69. The topological polar surface area (TPSA) is 142 Å². The van der Waals surface area contributed by atoms with Gasteiger partial charge in [-0.25, -0.2) is 9.97 Å². The molecule has 4 N–H and O–H groups in total. The van der Waals surface area contributed by atoms with Crippen molar-refractivity contribution in [2.75, 3.05) is 11.1 Å². The van der Waals surface area contributed by atoms with Crippen LogP contribution >= 0.6 is 0 Å². The van der Waals surface area contributed by atoms with Crippen LogP contribution in [-0.2, 0) is 0 Å². The number of nitrogens with two attached hydrogens (primary N) is 1. The average Bonchev–Trinajstić information content (AvgIpc) is 3.23. The van der Waals surface area contributed by atoms with E-state index < -0.39 is 5.91 Å². The van der Waals surface area contributed by atoms with Crippen molar-refractivity contribution in [2.45, 2.75) is 19.8 Å². The van der Waals surface area contributed by atoms with Gasteiger partial charge in [0.25, 0.3) is 5.91 Å². The third-order valence-electron chi connectivity index (χ3n) is 4.14. The molecule has 0 atom stereocenters. The second kappa shape index (κ2) is 7.72. The number of nitrogen functional groups attached to an aromatic ring is 1. The fourth-order valence-corrected chi connectivity index (χ4v) is 2.69. The number of nitrogens with one attached hydrogen (secondary N) is 2. The summed E-state index contributed by atoms with van der Waals surface area (Å²) in [6, 6.07) is 8.54. The van der Waals surface area contributed by atoms with Crippen molar-refractivity contribution in [3.8, 4) is 6.07 Å². The third kappa shape index (κ3) is 3.73. The van der Waals surface area contributed by atoms with Gasteiger partial charge in [0.2, 0.25) is 0 Å². The van der Waals surface area contributed by atoms with Crippen molar-refractivity contribution < 1.29 is 9.21 Å². The van der Waals surface area contributed by atoms with E-state index in [0.29, 0.717) is 28.1 Å². The van der Waals surface area contributed by atoms with Crippen LogP contribution in [0, 0.1) is 16.7 Å². The van der Waals surface area contributed by atoms with Gasteiger partial charge in [0.15, 0.2) is 12.2 Å². The molecular weight excluding hydrogens is 356 g/mol. The molecule has 0 saturated heterocycles. The molecule has 0 unspecified atom stereocenters. The van der Waals surface area contributed by atoms with Gasteiger partial charge in [-0.15, -0.1) is 0 Å². The van der Waals surface area contributed by atoms with E-state index in [1.54, 1.807) is 24.3 Å². The number of aromatic nitrogens is 2. The highest BCUT2D eigenvalue weighted by molar-refractivity contribution is 6.13. The first-order chi connectivity index (χ1) is 13.4. The zero-order valence-electron chi connectivity index (χ0n) is 15.4. The van der Waals surface area contributed by atoms with Crippen LogP contribution in [0.2, 0.25) is 0 Å². The smallest absolute Gasteiger partial charge is 0.274 e. The van der Waals surface area contributed by atoms with Crippen LogP contribution in [0.5, 0.6) is 0 Å². The van der Waals surface area contributed by atoms with E-state index in [2.05, 4.69) is 15.3 Å². The van der Waals surface area contributed by atoms with Crippen molar-refractivity contribution in [3.05, 3.63) is 71.2 Å². The molecule has 140 valence electrons. The number of amides is 1. The Bertz CT molecular complexity index is 1080. The van der Waals surface area contributed by atoms with Gasteiger partial charge in [-0.2, -0.15) is 5.26 Å². The second-order valence-corrected chi connectivity index (χ2v) is 6.43. The Kier molecular flexibility index (Phi) is 5.18. The summed E-state index contributed by atoms with van der Waals surface area (Å²) in [7, 11) is 0. The Labute approximate surface area is 161 Å². The maximum atomic E-state index is 12.8. The Balaban J connectivity index is 1.91. The number of carbonyl (C=O) groups is 1. The standard InChI is InChI=1S/C20H18N6O2/c1-11(2)14-5-12(7-21)8-25-19(14)20(27)26-13-3-4-16(22)15(6-13)18(23)17-9-24-10-28-17/h3-6,8-11,23H,22H2,1-2H3,(H,26,27). The molecule has 0 bridgehead atoms. The number of pyridine rings is 1. The zero-order valence-corrected chi connectivity index (χ0v) is 15.4. The minimum absolute atomic E-state index is 0.0168. The zero-order chi connectivity index (χ0) is 20.3. The van der Waals surface area contributed by atoms with Gasteiger partial charge in [-0.05, 0) is 35.7 Å². The van der Waals surface area contributed by atoms with E-state index in [1.165, 1.54) is 18.8 Å². The number of rotatable bonds is 5. The first-order valence-corrected chi connectivity index (χ1v) is 8.49. The highest BCUT2D eigenvalue weighted by Crippen LogP contribution is 2.23. The van der Waals surface area contributed by atoms with Crippen LogP contribution < -0.4 is 11.1 Å². The first kappa shape index (κ1) is 18.8. The fraction of sp³-hybridized carbons (Fsp3) is 0.150. The molecule has 1 amide bonds. The predicted molar refractivity (Wildman–Crippen MR) is 104 cm³/mol. The summed E-state index contributed by atoms with van der Waals surface area (Å²) in [5, 5.41) is 20.1. The summed E-state index contributed by atoms with van der Waals surface area (Å²) in [5.74, 6) is -0.121. The summed E-state index contributed by atoms with van der Waals surface area (Å²) >= 11 is 0. The number of hydrogen-bond donors (Lipinski definition) is 3. The molecule has 3 rings (SSSR count). The quantitative estimate of drug-likeness (QED) is 0.462. The van der Waals surface area contributed by atoms with Crippen LogP contribution in [0.25, 0.3) is 0 Å². The molecule has 0 saturated carbocycles. The third-order valence-corrected chi connectivity index (χ3v) is 4.14. The van der Waals surface area contributed by atoms with Crippen LogP contribution in [0.3, 0.4) is 0 Å². The molecule has 8 heteroatoms. The SMILES string of the molecule is CC(C)c1cc(C#N)cnc1C(=O)Nc1ccc(N)c(C(=N)c2cnco2)c1. The predicted octanol–water partition coefficient (Wildman–Crippen LogP) is 3.32. The van der Waals surface area contributed by atoms with E-state index in [9.17, 15) is 4.79 Å². The van der Waals surface area contributed by atoms with Crippen LogP contribution in [0.15, 0.2) is 47.5 Å². The maximum Gasteiger partial charge on any atom is 0.274 e. The molecule has 0 radical (unpaired) electrons. The molecule has 0 spiro atoms. The summed E-state index contributed by atoms with van der Waals surface area (Å²) in [6.45, 7) is 3.85. The molecule has 3 aromatic rings. The minimum Gasteiger partial charge on any atom is -0.442 e. The molecule has 28 heavy (non-hydrogen) atoms. The summed E-state index contributed by atoms with van der Waals surface area (Å²) in [5.41, 5.74) is 8.61. The number of oxazole rings is 1. The van der Waals surface area contributed by atoms with Crippen LogP contribution in [0.4, 0.5) is 11.4 Å². The number of hydrogen-bond acceptors (Lipinski definition) is 7. The Morgan fingerprint density at radius 1 is 1.32 bits per heavy atom. The molecule has 0 fully saturated rings. The van der Waals surface area contributed by atoms with E-state index in [0.717, 1.165) is 0 Å². The molecule has 1 aromatic carbocycles. The van der Waals surface area contributed by atoms with Crippen molar-refractivity contribution >= 4 is 23.0 Å². The number of anilines is 2. The van der Waals surface area contributed by atoms with Gasteiger partial charge in [-0.3, -0.25) is 10.2 Å². The highest BCUT2D eigenvalue weighted by atomic mass is 16.3. The lowest BCUT2D eigenvalue weighted by molar-refractivity contribution is 0.102. The lowest BCUT2D eigenvalue weighted by Gasteiger charge is -2.13. The van der Waals surface area contributed by atoms with E-state index >= 15 is 0 Å². The number of nitriles is 1. The Morgan fingerprint density at radius 2 is 2.11 bits per heavy atom. The van der Waals surface area contributed by atoms with Gasteiger partial charge < -0.3 is 15.5 Å². The van der Waals surface area contributed by atoms with Gasteiger partial charge in [0.1, 0.15) is 17.5 Å². The monoisotopic (exact) mass is 374 g/mol. The van der Waals surface area contributed by atoms with E-state index in [1.807, 2.05) is 19.9 Å². The molecule has 0 aliphatic carbocycles. The summed E-state index contributed by atoms with van der Waals surface area (Å²) < 4.78 is 5.14. The van der Waals surface area contributed by atoms with Gasteiger partial charge in [-0.1, -0.05) is 13.8 Å². The summed E-state index contributed by atoms with van der Waals surface area (Å²) in [6.07, 6.45) is 4.02. The molecule has 8 nitrogen and oxygen atoms in total. The summed E-state index contributed by atoms with van der Waals surface area (Å²) in [4.78, 5) is 20.7. The molecule has 0 aliphatic rings. The lowest BCUT2D eigenvalue weighted by Crippen LogP contribution is -2.17. The van der Waals surface area contributed by atoms with E-state index in [-0.39, 0.29) is 23.1 Å². The number of nitrogens with zero attached hydrogens (tertiary/aromatic N) is 3. The van der Waals surface area contributed by atoms with Gasteiger partial charge >= 0.3 is 0 Å². The lowest BCUT2D eigenvalue weighted by atomic mass is 9.99. The van der Waals surface area contributed by atoms with Gasteiger partial charge in [0, 0.05) is 23.1 Å². The van der Waals surface area contributed by atoms with Crippen molar-refractivity contribution in [1.29, 1.82) is 10.7 Å². The van der Waals surface area contributed by atoms with Crippen molar-refractivity contribution in [1.82, 2.24) is 9.97 Å². The molecule has 0 aliphatic heterocycles. The molecule has 2 heterocycles.